The standard InChI is InChI=1S/C7H16N4O2/c1-2-11(5-6(8)12)4-3-7(13)10-9/h2-5,9H2,1H3,(H2,8,12)(H,10,13). The third-order valence-corrected chi connectivity index (χ3v) is 1.64. The summed E-state index contributed by atoms with van der Waals surface area (Å²) in [4.78, 5) is 23.1. The molecule has 0 spiro atoms. The van der Waals surface area contributed by atoms with E-state index in [4.69, 9.17) is 11.6 Å². The molecule has 0 aromatic rings. The molecule has 0 bridgehead atoms. The molecule has 2 amide bonds. The molecule has 0 radical (unpaired) electrons. The number of nitrogens with zero attached hydrogens (tertiary/aromatic N) is 1. The van der Waals surface area contributed by atoms with Crippen LogP contribution in [0.15, 0.2) is 0 Å². The molecule has 5 N–H and O–H groups in total. The molecule has 0 aromatic heterocycles. The van der Waals surface area contributed by atoms with E-state index in [0.717, 1.165) is 0 Å². The molecule has 0 aromatic carbocycles. The largest absolute Gasteiger partial charge is 0.369 e. The summed E-state index contributed by atoms with van der Waals surface area (Å²) in [5.74, 6) is 4.25. The van der Waals surface area contributed by atoms with Crippen LogP contribution in [0.2, 0.25) is 0 Å². The first kappa shape index (κ1) is 11.9. The van der Waals surface area contributed by atoms with Gasteiger partial charge in [0.2, 0.25) is 11.8 Å². The Morgan fingerprint density at radius 3 is 2.46 bits per heavy atom. The summed E-state index contributed by atoms with van der Waals surface area (Å²) in [6.45, 7) is 3.24. The lowest BCUT2D eigenvalue weighted by molar-refractivity contribution is -0.123. The minimum atomic E-state index is -0.394. The highest BCUT2D eigenvalue weighted by molar-refractivity contribution is 5.76. The molecule has 6 nitrogen and oxygen atoms in total. The van der Waals surface area contributed by atoms with Gasteiger partial charge < -0.3 is 5.73 Å². The zero-order valence-corrected chi connectivity index (χ0v) is 7.75. The number of amides is 2. The van der Waals surface area contributed by atoms with Crippen LogP contribution in [0.4, 0.5) is 0 Å². The summed E-state index contributed by atoms with van der Waals surface area (Å²) >= 11 is 0. The zero-order valence-electron chi connectivity index (χ0n) is 7.75. The Balaban J connectivity index is 3.71. The van der Waals surface area contributed by atoms with Crippen LogP contribution in [-0.2, 0) is 9.59 Å². The van der Waals surface area contributed by atoms with Crippen LogP contribution in [0.5, 0.6) is 0 Å². The van der Waals surface area contributed by atoms with Crippen molar-refractivity contribution in [3.05, 3.63) is 0 Å². The highest BCUT2D eigenvalue weighted by Gasteiger charge is 2.07. The van der Waals surface area contributed by atoms with Gasteiger partial charge in [0, 0.05) is 13.0 Å². The van der Waals surface area contributed by atoms with Gasteiger partial charge in [0.25, 0.3) is 0 Å². The molecule has 0 unspecified atom stereocenters. The number of rotatable bonds is 6. The summed E-state index contributed by atoms with van der Waals surface area (Å²) in [6.07, 6.45) is 0.275. The van der Waals surface area contributed by atoms with E-state index in [1.807, 2.05) is 12.3 Å². The van der Waals surface area contributed by atoms with Gasteiger partial charge >= 0.3 is 0 Å². The summed E-state index contributed by atoms with van der Waals surface area (Å²) in [5.41, 5.74) is 7.02. The highest BCUT2D eigenvalue weighted by Crippen LogP contribution is 1.90. The van der Waals surface area contributed by atoms with Crippen molar-refractivity contribution in [1.82, 2.24) is 10.3 Å². The molecule has 0 fully saturated rings. The summed E-state index contributed by atoms with van der Waals surface area (Å²) in [6, 6.07) is 0. The predicted molar refractivity (Wildman–Crippen MR) is 48.3 cm³/mol. The van der Waals surface area contributed by atoms with E-state index >= 15 is 0 Å². The Morgan fingerprint density at radius 2 is 2.08 bits per heavy atom. The first-order chi connectivity index (χ1) is 6.10. The third-order valence-electron chi connectivity index (χ3n) is 1.64. The number of carbonyl (C=O) groups is 2. The van der Waals surface area contributed by atoms with Crippen molar-refractivity contribution >= 4 is 11.8 Å². The van der Waals surface area contributed by atoms with Crippen molar-refractivity contribution in [1.29, 1.82) is 0 Å². The Kier molecular flexibility index (Phi) is 5.82. The molecular weight excluding hydrogens is 172 g/mol. The molecule has 0 heterocycles. The topological polar surface area (TPSA) is 101 Å². The van der Waals surface area contributed by atoms with Gasteiger partial charge in [-0.25, -0.2) is 5.84 Å². The van der Waals surface area contributed by atoms with Gasteiger partial charge in [0.05, 0.1) is 6.54 Å². The van der Waals surface area contributed by atoms with Crippen LogP contribution in [0.3, 0.4) is 0 Å². The molecule has 0 atom stereocenters. The van der Waals surface area contributed by atoms with Crippen LogP contribution in [-0.4, -0.2) is 36.3 Å². The van der Waals surface area contributed by atoms with Crippen LogP contribution < -0.4 is 17.0 Å². The molecule has 0 aliphatic heterocycles. The molecule has 0 saturated heterocycles. The molecule has 76 valence electrons. The number of nitrogens with two attached hydrogens (primary N) is 2. The first-order valence-electron chi connectivity index (χ1n) is 4.10. The fraction of sp³-hybridized carbons (Fsp3) is 0.714. The predicted octanol–water partition coefficient (Wildman–Crippen LogP) is -1.83. The number of primary amides is 1. The van der Waals surface area contributed by atoms with Crippen molar-refractivity contribution in [2.45, 2.75) is 13.3 Å². The van der Waals surface area contributed by atoms with Crippen molar-refractivity contribution in [2.24, 2.45) is 11.6 Å². The van der Waals surface area contributed by atoms with E-state index < -0.39 is 5.91 Å². The van der Waals surface area contributed by atoms with Crippen molar-refractivity contribution in [2.75, 3.05) is 19.6 Å². The highest BCUT2D eigenvalue weighted by atomic mass is 16.2. The lowest BCUT2D eigenvalue weighted by atomic mass is 10.3. The third kappa shape index (κ3) is 6.06. The van der Waals surface area contributed by atoms with Gasteiger partial charge in [0.15, 0.2) is 0 Å². The average Bonchev–Trinajstić information content (AvgIpc) is 2.10. The maximum Gasteiger partial charge on any atom is 0.235 e. The Bertz CT molecular complexity index is 183. The lowest BCUT2D eigenvalue weighted by Gasteiger charge is -2.17. The molecule has 0 aliphatic carbocycles. The fourth-order valence-electron chi connectivity index (χ4n) is 0.901. The zero-order chi connectivity index (χ0) is 10.3. The molecule has 13 heavy (non-hydrogen) atoms. The summed E-state index contributed by atoms with van der Waals surface area (Å²) in [5, 5.41) is 0. The van der Waals surface area contributed by atoms with Crippen molar-refractivity contribution in [3.8, 4) is 0 Å². The number of hydrogen-bond acceptors (Lipinski definition) is 4. The van der Waals surface area contributed by atoms with Crippen LogP contribution >= 0.6 is 0 Å². The minimum Gasteiger partial charge on any atom is -0.369 e. The molecule has 0 saturated carbocycles. The molecule has 0 rings (SSSR count). The summed E-state index contributed by atoms with van der Waals surface area (Å²) in [7, 11) is 0. The minimum absolute atomic E-state index is 0.175. The normalized spacial score (nSPS) is 10.1. The Labute approximate surface area is 77.2 Å². The Morgan fingerprint density at radius 1 is 1.46 bits per heavy atom. The van der Waals surface area contributed by atoms with E-state index in [0.29, 0.717) is 13.1 Å². The quantitative estimate of drug-likeness (QED) is 0.259. The van der Waals surface area contributed by atoms with Gasteiger partial charge in [0.1, 0.15) is 0 Å². The van der Waals surface area contributed by atoms with Crippen molar-refractivity contribution in [3.63, 3.8) is 0 Å². The maximum absolute atomic E-state index is 10.7. The second-order valence-electron chi connectivity index (χ2n) is 2.65. The van der Waals surface area contributed by atoms with Gasteiger partial charge in [-0.15, -0.1) is 0 Å². The van der Waals surface area contributed by atoms with Crippen molar-refractivity contribution < 1.29 is 9.59 Å². The summed E-state index contributed by atoms with van der Waals surface area (Å²) < 4.78 is 0. The average molecular weight is 188 g/mol. The SMILES string of the molecule is CCN(CCC(=O)NN)CC(N)=O. The van der Waals surface area contributed by atoms with Gasteiger partial charge in [-0.2, -0.15) is 0 Å². The Hall–Kier alpha value is -1.14. The number of hydrogen-bond donors (Lipinski definition) is 3. The first-order valence-corrected chi connectivity index (χ1v) is 4.10. The molecule has 6 heteroatoms. The van der Waals surface area contributed by atoms with Gasteiger partial charge in [-0.3, -0.25) is 19.9 Å². The van der Waals surface area contributed by atoms with E-state index in [1.54, 1.807) is 4.90 Å². The molecule has 0 aliphatic rings. The second kappa shape index (κ2) is 6.38. The van der Waals surface area contributed by atoms with Gasteiger partial charge in [-0.05, 0) is 6.54 Å². The number of nitrogens with one attached hydrogen (secondary N) is 1. The number of carbonyl (C=O) groups excluding carboxylic acids is 2. The van der Waals surface area contributed by atoms with Crippen LogP contribution in [0.25, 0.3) is 0 Å². The van der Waals surface area contributed by atoms with Crippen LogP contribution in [0.1, 0.15) is 13.3 Å². The molecular formula is C7H16N4O2. The van der Waals surface area contributed by atoms with E-state index in [1.165, 1.54) is 0 Å². The van der Waals surface area contributed by atoms with Gasteiger partial charge in [-0.1, -0.05) is 6.92 Å². The van der Waals surface area contributed by atoms with E-state index in [-0.39, 0.29) is 18.9 Å². The lowest BCUT2D eigenvalue weighted by Crippen LogP contribution is -2.38. The van der Waals surface area contributed by atoms with E-state index in [2.05, 4.69) is 0 Å². The number of hydrazine groups is 1. The smallest absolute Gasteiger partial charge is 0.235 e. The monoisotopic (exact) mass is 188 g/mol. The van der Waals surface area contributed by atoms with Crippen LogP contribution in [0, 0.1) is 0 Å². The number of likely N-dealkylation sites (N-methyl/N-ethyl adjacent to an activating group) is 1. The fourth-order valence-corrected chi connectivity index (χ4v) is 0.901. The van der Waals surface area contributed by atoms with E-state index in [9.17, 15) is 9.59 Å². The maximum atomic E-state index is 10.7. The second-order valence-corrected chi connectivity index (χ2v) is 2.65.